The predicted molar refractivity (Wildman–Crippen MR) is 73.3 cm³/mol. The van der Waals surface area contributed by atoms with Crippen molar-refractivity contribution in [2.75, 3.05) is 6.61 Å². The Morgan fingerprint density at radius 1 is 0.944 bits per heavy atom. The van der Waals surface area contributed by atoms with Gasteiger partial charge < -0.3 is 9.29 Å². The Balaban J connectivity index is 2.09. The van der Waals surface area contributed by atoms with E-state index < -0.39 is 11.2 Å². The molecule has 0 N–H and O–H groups in total. The molecule has 2 nitrogen and oxygen atoms in total. The van der Waals surface area contributed by atoms with Crippen LogP contribution in [0.15, 0.2) is 64.4 Å². The molecule has 3 heteroatoms. The molecular weight excluding hydrogens is 244 g/mol. The van der Waals surface area contributed by atoms with Crippen LogP contribution in [0.25, 0.3) is 0 Å². The molecular formula is C15H16O2S. The van der Waals surface area contributed by atoms with E-state index >= 15 is 0 Å². The summed E-state index contributed by atoms with van der Waals surface area (Å²) >= 11 is -1.12. The molecule has 0 aliphatic carbocycles. The van der Waals surface area contributed by atoms with E-state index in [0.29, 0.717) is 6.61 Å². The van der Waals surface area contributed by atoms with Crippen LogP contribution in [0.2, 0.25) is 0 Å². The largest absolute Gasteiger partial charge is 0.606 e. The fraction of sp³-hybridized carbons (Fsp3) is 0.200. The number of rotatable bonds is 5. The summed E-state index contributed by atoms with van der Waals surface area (Å²) < 4.78 is 17.7. The average Bonchev–Trinajstić information content (AvgIpc) is 2.46. The summed E-state index contributed by atoms with van der Waals surface area (Å²) in [6.45, 7) is 2.78. The standard InChI is InChI=1S/C15H16O2S/c1-2-12-17-13-8-10-15(11-9-13)18(16)14-6-4-3-5-7-14/h3-11H,2,12H2,1H3. The fourth-order valence-corrected chi connectivity index (χ4v) is 2.62. The summed E-state index contributed by atoms with van der Waals surface area (Å²) in [6.07, 6.45) is 0.984. The third-order valence-electron chi connectivity index (χ3n) is 2.47. The van der Waals surface area contributed by atoms with E-state index in [-0.39, 0.29) is 0 Å². The number of hydrogen-bond acceptors (Lipinski definition) is 2. The van der Waals surface area contributed by atoms with Crippen LogP contribution in [0.4, 0.5) is 0 Å². The first-order valence-corrected chi connectivity index (χ1v) is 7.16. The second kappa shape index (κ2) is 6.47. The maximum atomic E-state index is 12.2. The van der Waals surface area contributed by atoms with Crippen molar-refractivity contribution >= 4 is 11.2 Å². The van der Waals surface area contributed by atoms with Gasteiger partial charge in [-0.2, -0.15) is 0 Å². The summed E-state index contributed by atoms with van der Waals surface area (Å²) in [6, 6.07) is 16.9. The average molecular weight is 260 g/mol. The normalized spacial score (nSPS) is 12.1. The van der Waals surface area contributed by atoms with Crippen LogP contribution < -0.4 is 4.74 Å². The number of hydrogen-bond donors (Lipinski definition) is 0. The second-order valence-corrected chi connectivity index (χ2v) is 5.38. The third-order valence-corrected chi connectivity index (χ3v) is 3.87. The van der Waals surface area contributed by atoms with Crippen LogP contribution in [-0.4, -0.2) is 11.2 Å². The molecule has 0 aliphatic rings. The summed E-state index contributed by atoms with van der Waals surface area (Å²) in [4.78, 5) is 1.62. The quantitative estimate of drug-likeness (QED) is 0.769. The first-order chi connectivity index (χ1) is 8.81. The van der Waals surface area contributed by atoms with Gasteiger partial charge in [0, 0.05) is 11.2 Å². The van der Waals surface area contributed by atoms with E-state index in [9.17, 15) is 4.55 Å². The highest BCUT2D eigenvalue weighted by molar-refractivity contribution is 7.91. The molecule has 2 aromatic rings. The summed E-state index contributed by atoms with van der Waals surface area (Å²) in [5.41, 5.74) is 0. The smallest absolute Gasteiger partial charge is 0.158 e. The van der Waals surface area contributed by atoms with Gasteiger partial charge in [-0.3, -0.25) is 0 Å². The maximum absolute atomic E-state index is 12.2. The van der Waals surface area contributed by atoms with Gasteiger partial charge in [-0.15, -0.1) is 0 Å². The zero-order valence-electron chi connectivity index (χ0n) is 10.3. The van der Waals surface area contributed by atoms with Crippen LogP contribution in [0, 0.1) is 0 Å². The van der Waals surface area contributed by atoms with Gasteiger partial charge in [0.2, 0.25) is 0 Å². The molecule has 94 valence electrons. The van der Waals surface area contributed by atoms with Crippen molar-refractivity contribution in [2.24, 2.45) is 0 Å². The molecule has 0 heterocycles. The molecule has 0 radical (unpaired) electrons. The lowest BCUT2D eigenvalue weighted by Crippen LogP contribution is -2.02. The predicted octanol–water partition coefficient (Wildman–Crippen LogP) is 3.64. The van der Waals surface area contributed by atoms with Crippen LogP contribution >= 0.6 is 0 Å². The van der Waals surface area contributed by atoms with Gasteiger partial charge in [0.25, 0.3) is 0 Å². The molecule has 0 aromatic heterocycles. The van der Waals surface area contributed by atoms with Gasteiger partial charge >= 0.3 is 0 Å². The highest BCUT2D eigenvalue weighted by atomic mass is 32.2. The SMILES string of the molecule is CCCOc1ccc([S+]([O-])c2ccccc2)cc1. The molecule has 1 unspecified atom stereocenters. The van der Waals surface area contributed by atoms with Crippen molar-refractivity contribution in [1.82, 2.24) is 0 Å². The van der Waals surface area contributed by atoms with Crippen molar-refractivity contribution in [3.05, 3.63) is 54.6 Å². The molecule has 18 heavy (non-hydrogen) atoms. The van der Waals surface area contributed by atoms with Gasteiger partial charge in [0.15, 0.2) is 9.79 Å². The van der Waals surface area contributed by atoms with E-state index in [2.05, 4.69) is 6.92 Å². The zero-order chi connectivity index (χ0) is 12.8. The molecule has 0 fully saturated rings. The van der Waals surface area contributed by atoms with Crippen molar-refractivity contribution in [1.29, 1.82) is 0 Å². The first-order valence-electron chi connectivity index (χ1n) is 6.01. The van der Waals surface area contributed by atoms with Crippen LogP contribution in [0.5, 0.6) is 5.75 Å². The van der Waals surface area contributed by atoms with E-state index in [1.54, 1.807) is 0 Å². The maximum Gasteiger partial charge on any atom is 0.158 e. The molecule has 0 spiro atoms. The molecule has 0 saturated carbocycles. The third kappa shape index (κ3) is 3.28. The van der Waals surface area contributed by atoms with Crippen molar-refractivity contribution in [2.45, 2.75) is 23.1 Å². The molecule has 0 amide bonds. The molecule has 2 rings (SSSR count). The van der Waals surface area contributed by atoms with Gasteiger partial charge in [-0.1, -0.05) is 25.1 Å². The van der Waals surface area contributed by atoms with Crippen molar-refractivity contribution in [3.8, 4) is 5.75 Å². The van der Waals surface area contributed by atoms with Gasteiger partial charge in [0.05, 0.1) is 6.61 Å². The molecule has 0 bridgehead atoms. The summed E-state index contributed by atoms with van der Waals surface area (Å²) in [7, 11) is 0. The minimum absolute atomic E-state index is 0.709. The van der Waals surface area contributed by atoms with E-state index in [0.717, 1.165) is 22.0 Å². The number of ether oxygens (including phenoxy) is 1. The molecule has 0 aliphatic heterocycles. The second-order valence-electron chi connectivity index (χ2n) is 3.90. The van der Waals surface area contributed by atoms with Crippen LogP contribution in [0.3, 0.4) is 0 Å². The lowest BCUT2D eigenvalue weighted by molar-refractivity contribution is 0.317. The van der Waals surface area contributed by atoms with E-state index in [4.69, 9.17) is 4.74 Å². The van der Waals surface area contributed by atoms with Gasteiger partial charge in [-0.05, 0) is 42.8 Å². The van der Waals surface area contributed by atoms with Crippen molar-refractivity contribution < 1.29 is 9.29 Å². The van der Waals surface area contributed by atoms with Crippen LogP contribution in [-0.2, 0) is 11.2 Å². The molecule has 0 saturated heterocycles. The Bertz CT molecular complexity index is 468. The first kappa shape index (κ1) is 13.0. The van der Waals surface area contributed by atoms with Crippen LogP contribution in [0.1, 0.15) is 13.3 Å². The fourth-order valence-electron chi connectivity index (χ4n) is 1.56. The van der Waals surface area contributed by atoms with E-state index in [1.807, 2.05) is 54.6 Å². The molecule has 1 atom stereocenters. The minimum atomic E-state index is -1.12. The summed E-state index contributed by atoms with van der Waals surface area (Å²) in [5, 5.41) is 0. The molecule has 2 aromatic carbocycles. The minimum Gasteiger partial charge on any atom is -0.606 e. The van der Waals surface area contributed by atoms with Gasteiger partial charge in [-0.25, -0.2) is 0 Å². The topological polar surface area (TPSA) is 32.3 Å². The zero-order valence-corrected chi connectivity index (χ0v) is 11.2. The number of benzene rings is 2. The lowest BCUT2D eigenvalue weighted by atomic mass is 10.3. The highest BCUT2D eigenvalue weighted by Gasteiger charge is 2.13. The lowest BCUT2D eigenvalue weighted by Gasteiger charge is -2.10. The van der Waals surface area contributed by atoms with E-state index in [1.165, 1.54) is 0 Å². The monoisotopic (exact) mass is 260 g/mol. The van der Waals surface area contributed by atoms with Crippen molar-refractivity contribution in [3.63, 3.8) is 0 Å². The summed E-state index contributed by atoms with van der Waals surface area (Å²) in [5.74, 6) is 0.825. The Labute approximate surface area is 111 Å². The highest BCUT2D eigenvalue weighted by Crippen LogP contribution is 2.22. The van der Waals surface area contributed by atoms with Gasteiger partial charge in [0.1, 0.15) is 5.75 Å². The Morgan fingerprint density at radius 3 is 2.17 bits per heavy atom. The Morgan fingerprint density at radius 2 is 1.56 bits per heavy atom. The Hall–Kier alpha value is -1.45. The Kier molecular flexibility index (Phi) is 4.67.